The average Bonchev–Trinajstić information content (AvgIpc) is 3.29. The average molecular weight is 419 g/mol. The maximum atomic E-state index is 12.8. The van der Waals surface area contributed by atoms with E-state index in [1.165, 1.54) is 4.88 Å². The van der Waals surface area contributed by atoms with E-state index in [0.29, 0.717) is 18.0 Å². The SMILES string of the molecule is Cc1nn(C)c2nc(C3CC3)cc(C(=O)NCCc3ccc(Br)s3)c12. The van der Waals surface area contributed by atoms with Crippen LogP contribution in [0.15, 0.2) is 22.0 Å². The van der Waals surface area contributed by atoms with Crippen molar-refractivity contribution in [1.82, 2.24) is 20.1 Å². The van der Waals surface area contributed by atoms with Gasteiger partial charge in [-0.05, 0) is 60.3 Å². The lowest BCUT2D eigenvalue weighted by Crippen LogP contribution is -2.26. The van der Waals surface area contributed by atoms with Crippen molar-refractivity contribution >= 4 is 44.2 Å². The van der Waals surface area contributed by atoms with Gasteiger partial charge in [0.25, 0.3) is 5.91 Å². The summed E-state index contributed by atoms with van der Waals surface area (Å²) in [5.41, 5.74) is 3.36. The molecule has 7 heteroatoms. The summed E-state index contributed by atoms with van der Waals surface area (Å²) in [5.74, 6) is 0.454. The second-order valence-corrected chi connectivity index (χ2v) is 9.04. The number of nitrogens with zero attached hydrogens (tertiary/aromatic N) is 3. The molecule has 3 aromatic rings. The van der Waals surface area contributed by atoms with Crippen LogP contribution in [0.4, 0.5) is 0 Å². The Kier molecular flexibility index (Phi) is 4.37. The lowest BCUT2D eigenvalue weighted by Gasteiger charge is -2.08. The standard InChI is InChI=1S/C18H19BrN4OS/c1-10-16-13(18(24)20-8-7-12-5-6-15(19)25-12)9-14(11-3-4-11)21-17(16)23(2)22-10/h5-6,9,11H,3-4,7-8H2,1-2H3,(H,20,24). The van der Waals surface area contributed by atoms with Crippen molar-refractivity contribution in [3.63, 3.8) is 0 Å². The molecular formula is C18H19BrN4OS. The van der Waals surface area contributed by atoms with Crippen molar-refractivity contribution in [2.45, 2.75) is 32.1 Å². The number of amides is 1. The Bertz CT molecular complexity index is 958. The molecule has 1 amide bonds. The van der Waals surface area contributed by atoms with Gasteiger partial charge < -0.3 is 5.32 Å². The fraction of sp³-hybridized carbons (Fsp3) is 0.389. The van der Waals surface area contributed by atoms with Gasteiger partial charge in [0.05, 0.1) is 20.4 Å². The summed E-state index contributed by atoms with van der Waals surface area (Å²) in [5, 5.41) is 8.38. The molecule has 0 saturated heterocycles. The lowest BCUT2D eigenvalue weighted by molar-refractivity contribution is 0.0955. The molecule has 1 aliphatic rings. The van der Waals surface area contributed by atoms with Crippen molar-refractivity contribution in [3.8, 4) is 0 Å². The molecule has 3 aromatic heterocycles. The van der Waals surface area contributed by atoms with Crippen LogP contribution in [0.2, 0.25) is 0 Å². The fourth-order valence-corrected chi connectivity index (χ4v) is 4.59. The second kappa shape index (κ2) is 6.53. The Morgan fingerprint density at radius 1 is 1.44 bits per heavy atom. The molecule has 1 aliphatic carbocycles. The Balaban J connectivity index is 1.59. The van der Waals surface area contributed by atoms with Crippen molar-refractivity contribution in [2.75, 3.05) is 6.54 Å². The van der Waals surface area contributed by atoms with Gasteiger partial charge in [-0.1, -0.05) is 0 Å². The summed E-state index contributed by atoms with van der Waals surface area (Å²) in [6.07, 6.45) is 3.14. The molecular weight excluding hydrogens is 400 g/mol. The van der Waals surface area contributed by atoms with E-state index in [0.717, 1.165) is 45.5 Å². The maximum Gasteiger partial charge on any atom is 0.252 e. The molecule has 0 aliphatic heterocycles. The third-order valence-corrected chi connectivity index (χ3v) is 6.20. The highest BCUT2D eigenvalue weighted by molar-refractivity contribution is 9.11. The first-order valence-corrected chi connectivity index (χ1v) is 10.0. The largest absolute Gasteiger partial charge is 0.352 e. The number of nitrogens with one attached hydrogen (secondary N) is 1. The molecule has 0 bridgehead atoms. The molecule has 0 radical (unpaired) electrons. The zero-order chi connectivity index (χ0) is 17.6. The van der Waals surface area contributed by atoms with Crippen LogP contribution in [0.3, 0.4) is 0 Å². The Morgan fingerprint density at radius 3 is 2.92 bits per heavy atom. The van der Waals surface area contributed by atoms with Gasteiger partial charge >= 0.3 is 0 Å². The summed E-state index contributed by atoms with van der Waals surface area (Å²) >= 11 is 5.17. The topological polar surface area (TPSA) is 59.8 Å². The summed E-state index contributed by atoms with van der Waals surface area (Å²) in [6.45, 7) is 2.55. The van der Waals surface area contributed by atoms with Crippen LogP contribution in [0.1, 0.15) is 45.4 Å². The summed E-state index contributed by atoms with van der Waals surface area (Å²) in [6, 6.07) is 6.09. The Hall–Kier alpha value is -1.73. The number of fused-ring (bicyclic) bond motifs is 1. The number of hydrogen-bond donors (Lipinski definition) is 1. The number of thiophene rings is 1. The van der Waals surface area contributed by atoms with Crippen LogP contribution in [0.5, 0.6) is 0 Å². The molecule has 1 fully saturated rings. The number of aryl methyl sites for hydroxylation is 2. The van der Waals surface area contributed by atoms with E-state index in [-0.39, 0.29) is 5.91 Å². The van der Waals surface area contributed by atoms with Gasteiger partial charge in [0.15, 0.2) is 5.65 Å². The van der Waals surface area contributed by atoms with Gasteiger partial charge in [-0.15, -0.1) is 11.3 Å². The quantitative estimate of drug-likeness (QED) is 0.681. The molecule has 130 valence electrons. The summed E-state index contributed by atoms with van der Waals surface area (Å²) in [7, 11) is 1.88. The predicted octanol–water partition coefficient (Wildman–Crippen LogP) is 3.95. The maximum absolute atomic E-state index is 12.8. The van der Waals surface area contributed by atoms with Gasteiger partial charge in [-0.2, -0.15) is 5.10 Å². The zero-order valence-corrected chi connectivity index (χ0v) is 16.6. The van der Waals surface area contributed by atoms with Crippen LogP contribution in [0, 0.1) is 6.92 Å². The molecule has 0 spiro atoms. The van der Waals surface area contributed by atoms with Crippen LogP contribution >= 0.6 is 27.3 Å². The molecule has 0 aromatic carbocycles. The number of halogens is 1. The van der Waals surface area contributed by atoms with Crippen molar-refractivity contribution < 1.29 is 4.79 Å². The minimum Gasteiger partial charge on any atom is -0.352 e. The van der Waals surface area contributed by atoms with Gasteiger partial charge in [0.1, 0.15) is 0 Å². The lowest BCUT2D eigenvalue weighted by atomic mass is 10.1. The van der Waals surface area contributed by atoms with Gasteiger partial charge in [0.2, 0.25) is 0 Å². The van der Waals surface area contributed by atoms with Crippen LogP contribution in [-0.4, -0.2) is 27.2 Å². The minimum absolute atomic E-state index is 0.0407. The molecule has 3 heterocycles. The third-order valence-electron chi connectivity index (χ3n) is 4.51. The van der Waals surface area contributed by atoms with Crippen LogP contribution in [-0.2, 0) is 13.5 Å². The van der Waals surface area contributed by atoms with Crippen LogP contribution in [0.25, 0.3) is 11.0 Å². The van der Waals surface area contributed by atoms with E-state index in [4.69, 9.17) is 4.98 Å². The first-order chi connectivity index (χ1) is 12.0. The van der Waals surface area contributed by atoms with E-state index < -0.39 is 0 Å². The number of carbonyl (C=O) groups is 1. The van der Waals surface area contributed by atoms with E-state index in [9.17, 15) is 4.79 Å². The van der Waals surface area contributed by atoms with Crippen LogP contribution < -0.4 is 5.32 Å². The number of pyridine rings is 1. The number of aromatic nitrogens is 3. The molecule has 0 unspecified atom stereocenters. The fourth-order valence-electron chi connectivity index (χ4n) is 3.11. The van der Waals surface area contributed by atoms with Gasteiger partial charge in [-0.25, -0.2) is 4.98 Å². The monoisotopic (exact) mass is 418 g/mol. The summed E-state index contributed by atoms with van der Waals surface area (Å²) < 4.78 is 2.89. The third kappa shape index (κ3) is 3.35. The molecule has 0 atom stereocenters. The van der Waals surface area contributed by atoms with E-state index in [1.54, 1.807) is 16.0 Å². The second-order valence-electron chi connectivity index (χ2n) is 6.49. The molecule has 1 N–H and O–H groups in total. The molecule has 1 saturated carbocycles. The van der Waals surface area contributed by atoms with Crippen molar-refractivity contribution in [3.05, 3.63) is 43.8 Å². The molecule has 4 rings (SSSR count). The molecule has 25 heavy (non-hydrogen) atoms. The number of carbonyl (C=O) groups excluding carboxylic acids is 1. The van der Waals surface area contributed by atoms with Crippen molar-refractivity contribution in [2.24, 2.45) is 7.05 Å². The van der Waals surface area contributed by atoms with Gasteiger partial charge in [0, 0.05) is 30.1 Å². The van der Waals surface area contributed by atoms with E-state index in [2.05, 4.69) is 32.4 Å². The highest BCUT2D eigenvalue weighted by Crippen LogP contribution is 2.40. The normalized spacial score (nSPS) is 14.2. The van der Waals surface area contributed by atoms with Crippen molar-refractivity contribution in [1.29, 1.82) is 0 Å². The zero-order valence-electron chi connectivity index (χ0n) is 14.2. The first kappa shape index (κ1) is 16.7. The molecule has 5 nitrogen and oxygen atoms in total. The first-order valence-electron chi connectivity index (χ1n) is 8.39. The highest BCUT2D eigenvalue weighted by Gasteiger charge is 2.28. The number of hydrogen-bond acceptors (Lipinski definition) is 4. The minimum atomic E-state index is -0.0407. The van der Waals surface area contributed by atoms with E-state index in [1.807, 2.05) is 26.1 Å². The Morgan fingerprint density at radius 2 is 2.24 bits per heavy atom. The highest BCUT2D eigenvalue weighted by atomic mass is 79.9. The summed E-state index contributed by atoms with van der Waals surface area (Å²) in [4.78, 5) is 18.8. The predicted molar refractivity (Wildman–Crippen MR) is 103 cm³/mol. The smallest absolute Gasteiger partial charge is 0.252 e. The number of rotatable bonds is 5. The van der Waals surface area contributed by atoms with Gasteiger partial charge in [-0.3, -0.25) is 9.48 Å². The van der Waals surface area contributed by atoms with E-state index >= 15 is 0 Å². The Labute approximate surface area is 158 Å².